The van der Waals surface area contributed by atoms with E-state index in [0.29, 0.717) is 55.4 Å². The summed E-state index contributed by atoms with van der Waals surface area (Å²) < 4.78 is 5.11. The Hall–Kier alpha value is -3.16. The summed E-state index contributed by atoms with van der Waals surface area (Å²) >= 11 is 0. The SMILES string of the molecule is CCOC(=O)c1ccccc1Nc1cc(N2CCC(C(=O)O)CC2)nc(C)n1. The largest absolute Gasteiger partial charge is 0.481 e. The van der Waals surface area contributed by atoms with Gasteiger partial charge >= 0.3 is 11.9 Å². The highest BCUT2D eigenvalue weighted by Crippen LogP contribution is 2.26. The number of aryl methyl sites for hydroxylation is 1. The molecule has 0 bridgehead atoms. The number of esters is 1. The van der Waals surface area contributed by atoms with Crippen molar-refractivity contribution in [3.8, 4) is 0 Å². The van der Waals surface area contributed by atoms with Crippen LogP contribution in [0.25, 0.3) is 0 Å². The highest BCUT2D eigenvalue weighted by atomic mass is 16.5. The maximum absolute atomic E-state index is 12.2. The van der Waals surface area contributed by atoms with Gasteiger partial charge in [0.2, 0.25) is 0 Å². The van der Waals surface area contributed by atoms with Crippen LogP contribution in [0.4, 0.5) is 17.3 Å². The minimum Gasteiger partial charge on any atom is -0.481 e. The van der Waals surface area contributed by atoms with Gasteiger partial charge in [0.1, 0.15) is 17.5 Å². The molecule has 1 aliphatic heterocycles. The molecule has 2 aromatic rings. The molecule has 2 heterocycles. The Morgan fingerprint density at radius 1 is 1.25 bits per heavy atom. The Morgan fingerprint density at radius 3 is 2.64 bits per heavy atom. The zero-order valence-electron chi connectivity index (χ0n) is 16.0. The number of carboxylic acid groups (broad SMARTS) is 1. The number of carbonyl (C=O) groups is 2. The van der Waals surface area contributed by atoms with Crippen molar-refractivity contribution in [3.05, 3.63) is 41.7 Å². The fourth-order valence-electron chi connectivity index (χ4n) is 3.25. The molecule has 0 atom stereocenters. The number of rotatable bonds is 6. The Balaban J connectivity index is 1.80. The number of nitrogens with one attached hydrogen (secondary N) is 1. The van der Waals surface area contributed by atoms with E-state index in [1.54, 1.807) is 32.0 Å². The van der Waals surface area contributed by atoms with Gasteiger partial charge in [-0.3, -0.25) is 4.79 Å². The van der Waals surface area contributed by atoms with Crippen molar-refractivity contribution in [1.29, 1.82) is 0 Å². The molecule has 0 aliphatic carbocycles. The van der Waals surface area contributed by atoms with Crippen LogP contribution in [0.2, 0.25) is 0 Å². The molecule has 1 aromatic heterocycles. The summed E-state index contributed by atoms with van der Waals surface area (Å²) in [6.45, 7) is 5.13. The number of aliphatic carboxylic acids is 1. The summed E-state index contributed by atoms with van der Waals surface area (Å²) in [6.07, 6.45) is 1.18. The number of aromatic nitrogens is 2. The first kappa shape index (κ1) is 19.6. The van der Waals surface area contributed by atoms with E-state index >= 15 is 0 Å². The van der Waals surface area contributed by atoms with Gasteiger partial charge in [0.15, 0.2) is 0 Å². The molecule has 148 valence electrons. The van der Waals surface area contributed by atoms with Gasteiger partial charge in [-0.15, -0.1) is 0 Å². The van der Waals surface area contributed by atoms with Gasteiger partial charge in [-0.05, 0) is 38.8 Å². The first-order valence-electron chi connectivity index (χ1n) is 9.34. The number of carboxylic acids is 1. The lowest BCUT2D eigenvalue weighted by Crippen LogP contribution is -2.36. The maximum Gasteiger partial charge on any atom is 0.340 e. The highest BCUT2D eigenvalue weighted by molar-refractivity contribution is 5.96. The number of nitrogens with zero attached hydrogens (tertiary/aromatic N) is 3. The van der Waals surface area contributed by atoms with E-state index in [9.17, 15) is 9.59 Å². The molecular weight excluding hydrogens is 360 g/mol. The standard InChI is InChI=1S/C20H24N4O4/c1-3-28-20(27)15-6-4-5-7-16(15)23-17-12-18(22-13(2)21-17)24-10-8-14(9-11-24)19(25)26/h4-7,12,14H,3,8-11H2,1-2H3,(H,25,26)(H,21,22,23). The molecule has 0 radical (unpaired) electrons. The summed E-state index contributed by atoms with van der Waals surface area (Å²) in [4.78, 5) is 34.3. The van der Waals surface area contributed by atoms with Crippen LogP contribution in [0.1, 0.15) is 35.9 Å². The second-order valence-corrected chi connectivity index (χ2v) is 6.65. The molecule has 8 nitrogen and oxygen atoms in total. The Morgan fingerprint density at radius 2 is 1.96 bits per heavy atom. The van der Waals surface area contributed by atoms with Gasteiger partial charge in [-0.25, -0.2) is 14.8 Å². The third kappa shape index (κ3) is 4.57. The fourth-order valence-corrected chi connectivity index (χ4v) is 3.25. The van der Waals surface area contributed by atoms with Crippen LogP contribution < -0.4 is 10.2 Å². The molecule has 1 fully saturated rings. The molecule has 0 spiro atoms. The number of carbonyl (C=O) groups excluding carboxylic acids is 1. The number of ether oxygens (including phenoxy) is 1. The molecule has 1 aliphatic rings. The first-order chi connectivity index (χ1) is 13.5. The quantitative estimate of drug-likeness (QED) is 0.733. The normalized spacial score (nSPS) is 14.6. The molecule has 0 saturated carbocycles. The Kier molecular flexibility index (Phi) is 6.08. The van der Waals surface area contributed by atoms with Gasteiger partial charge < -0.3 is 20.1 Å². The van der Waals surface area contributed by atoms with E-state index in [-0.39, 0.29) is 5.92 Å². The Bertz CT molecular complexity index is 863. The summed E-state index contributed by atoms with van der Waals surface area (Å²) in [7, 11) is 0. The molecule has 28 heavy (non-hydrogen) atoms. The summed E-state index contributed by atoms with van der Waals surface area (Å²) in [5.41, 5.74) is 1.04. The van der Waals surface area contributed by atoms with Crippen LogP contribution in [0.5, 0.6) is 0 Å². The fraction of sp³-hybridized carbons (Fsp3) is 0.400. The van der Waals surface area contributed by atoms with Crippen molar-refractivity contribution >= 4 is 29.3 Å². The average Bonchev–Trinajstić information content (AvgIpc) is 2.68. The zero-order valence-corrected chi connectivity index (χ0v) is 16.0. The van der Waals surface area contributed by atoms with Gasteiger partial charge in [-0.2, -0.15) is 0 Å². The number of hydrogen-bond acceptors (Lipinski definition) is 7. The summed E-state index contributed by atoms with van der Waals surface area (Å²) in [6, 6.07) is 8.92. The van der Waals surface area contributed by atoms with Crippen molar-refractivity contribution in [2.45, 2.75) is 26.7 Å². The summed E-state index contributed by atoms with van der Waals surface area (Å²) in [5, 5.41) is 12.4. The van der Waals surface area contributed by atoms with Crippen LogP contribution in [-0.2, 0) is 9.53 Å². The van der Waals surface area contributed by atoms with E-state index < -0.39 is 11.9 Å². The lowest BCUT2D eigenvalue weighted by molar-refractivity contribution is -0.142. The first-order valence-corrected chi connectivity index (χ1v) is 9.34. The molecule has 1 saturated heterocycles. The zero-order chi connectivity index (χ0) is 20.1. The van der Waals surface area contributed by atoms with Crippen molar-refractivity contribution in [1.82, 2.24) is 9.97 Å². The highest BCUT2D eigenvalue weighted by Gasteiger charge is 2.25. The van der Waals surface area contributed by atoms with Crippen LogP contribution in [0.3, 0.4) is 0 Å². The van der Waals surface area contributed by atoms with Crippen molar-refractivity contribution in [3.63, 3.8) is 0 Å². The lowest BCUT2D eigenvalue weighted by Gasteiger charge is -2.31. The minimum absolute atomic E-state index is 0.298. The van der Waals surface area contributed by atoms with Crippen LogP contribution in [-0.4, -0.2) is 46.7 Å². The average molecular weight is 384 g/mol. The van der Waals surface area contributed by atoms with E-state index in [2.05, 4.69) is 20.2 Å². The number of hydrogen-bond donors (Lipinski definition) is 2. The van der Waals surface area contributed by atoms with E-state index in [4.69, 9.17) is 9.84 Å². The lowest BCUT2D eigenvalue weighted by atomic mass is 9.97. The van der Waals surface area contributed by atoms with Crippen molar-refractivity contribution in [2.75, 3.05) is 29.9 Å². The smallest absolute Gasteiger partial charge is 0.340 e. The predicted octanol–water partition coefficient (Wildman–Crippen LogP) is 3.01. The monoisotopic (exact) mass is 384 g/mol. The van der Waals surface area contributed by atoms with Crippen LogP contribution in [0, 0.1) is 12.8 Å². The van der Waals surface area contributed by atoms with Crippen molar-refractivity contribution in [2.24, 2.45) is 5.92 Å². The number of anilines is 3. The molecule has 8 heteroatoms. The second-order valence-electron chi connectivity index (χ2n) is 6.65. The van der Waals surface area contributed by atoms with Gasteiger partial charge in [-0.1, -0.05) is 12.1 Å². The van der Waals surface area contributed by atoms with Crippen LogP contribution >= 0.6 is 0 Å². The number of piperidine rings is 1. The molecular formula is C20H24N4O4. The number of para-hydroxylation sites is 1. The van der Waals surface area contributed by atoms with Crippen molar-refractivity contribution < 1.29 is 19.4 Å². The molecule has 0 unspecified atom stereocenters. The predicted molar refractivity (Wildman–Crippen MR) is 105 cm³/mol. The summed E-state index contributed by atoms with van der Waals surface area (Å²) in [5.74, 6) is 0.470. The topological polar surface area (TPSA) is 105 Å². The van der Waals surface area contributed by atoms with E-state index in [0.717, 1.165) is 5.82 Å². The second kappa shape index (κ2) is 8.69. The van der Waals surface area contributed by atoms with E-state index in [1.165, 1.54) is 0 Å². The van der Waals surface area contributed by atoms with E-state index in [1.807, 2.05) is 12.1 Å². The molecule has 3 rings (SSSR count). The molecule has 0 amide bonds. The Labute approximate surface area is 163 Å². The number of benzene rings is 1. The van der Waals surface area contributed by atoms with Gasteiger partial charge in [0.25, 0.3) is 0 Å². The van der Waals surface area contributed by atoms with Gasteiger partial charge in [0.05, 0.1) is 23.8 Å². The minimum atomic E-state index is -0.739. The molecule has 2 N–H and O–H groups in total. The molecule has 1 aromatic carbocycles. The van der Waals surface area contributed by atoms with Gasteiger partial charge in [0, 0.05) is 19.2 Å². The third-order valence-corrected chi connectivity index (χ3v) is 4.68. The van der Waals surface area contributed by atoms with Crippen LogP contribution in [0.15, 0.2) is 30.3 Å². The maximum atomic E-state index is 12.2. The third-order valence-electron chi connectivity index (χ3n) is 4.68.